The minimum Gasteiger partial charge on any atom is -0.477 e. The summed E-state index contributed by atoms with van der Waals surface area (Å²) >= 11 is 1.22. The molecule has 0 aromatic carbocycles. The lowest BCUT2D eigenvalue weighted by Gasteiger charge is -2.34. The van der Waals surface area contributed by atoms with Crippen molar-refractivity contribution < 1.29 is 24.4 Å². The smallest absolute Gasteiger partial charge is 0.212 e. The molecule has 0 radical (unpaired) electrons. The van der Waals surface area contributed by atoms with E-state index in [-0.39, 0.29) is 5.75 Å². The number of aliphatic hydroxyl groups is 3. The molecular formula is C15H15FN2O4S. The summed E-state index contributed by atoms with van der Waals surface area (Å²) in [6.45, 7) is 0. The van der Waals surface area contributed by atoms with E-state index < -0.39 is 29.7 Å². The fraction of sp³-hybridized carbons (Fsp3) is 0.333. The second-order valence-electron chi connectivity index (χ2n) is 5.11. The Morgan fingerprint density at radius 1 is 1.13 bits per heavy atom. The first kappa shape index (κ1) is 16.1. The van der Waals surface area contributed by atoms with Crippen LogP contribution in [0.15, 0.2) is 36.7 Å². The van der Waals surface area contributed by atoms with E-state index in [2.05, 4.69) is 9.97 Å². The van der Waals surface area contributed by atoms with E-state index in [1.807, 2.05) is 0 Å². The molecule has 8 heteroatoms. The highest BCUT2D eigenvalue weighted by molar-refractivity contribution is 7.99. The van der Waals surface area contributed by atoms with Gasteiger partial charge < -0.3 is 20.1 Å². The van der Waals surface area contributed by atoms with Crippen molar-refractivity contribution in [3.8, 4) is 17.0 Å². The maximum Gasteiger partial charge on any atom is 0.212 e. The third-order valence-electron chi connectivity index (χ3n) is 3.46. The first-order valence-electron chi connectivity index (χ1n) is 6.95. The number of rotatable bonds is 3. The molecule has 0 spiro atoms. The predicted molar refractivity (Wildman–Crippen MR) is 82.3 cm³/mol. The zero-order valence-electron chi connectivity index (χ0n) is 11.9. The lowest BCUT2D eigenvalue weighted by atomic mass is 10.1. The number of halogens is 1. The van der Waals surface area contributed by atoms with Gasteiger partial charge in [-0.2, -0.15) is 4.39 Å². The molecule has 2 aromatic heterocycles. The average molecular weight is 338 g/mol. The molecule has 1 saturated heterocycles. The molecule has 3 N–H and O–H groups in total. The molecule has 1 fully saturated rings. The van der Waals surface area contributed by atoms with Gasteiger partial charge >= 0.3 is 0 Å². The Balaban J connectivity index is 1.76. The van der Waals surface area contributed by atoms with E-state index in [1.165, 1.54) is 30.2 Å². The largest absolute Gasteiger partial charge is 0.477 e. The van der Waals surface area contributed by atoms with Crippen molar-refractivity contribution in [2.45, 2.75) is 23.7 Å². The predicted octanol–water partition coefficient (Wildman–Crippen LogP) is 0.817. The molecule has 2 aromatic rings. The summed E-state index contributed by atoms with van der Waals surface area (Å²) in [7, 11) is 0. The molecule has 0 bridgehead atoms. The lowest BCUT2D eigenvalue weighted by Crippen LogP contribution is -2.50. The molecule has 0 saturated carbocycles. The number of aliphatic hydroxyl groups excluding tert-OH is 3. The van der Waals surface area contributed by atoms with Gasteiger partial charge in [-0.25, -0.2) is 4.98 Å². The van der Waals surface area contributed by atoms with Crippen LogP contribution in [0.3, 0.4) is 0 Å². The quantitative estimate of drug-likeness (QED) is 0.713. The fourth-order valence-corrected chi connectivity index (χ4v) is 3.31. The maximum atomic E-state index is 12.9. The van der Waals surface area contributed by atoms with Gasteiger partial charge in [0.05, 0.1) is 11.8 Å². The van der Waals surface area contributed by atoms with Gasteiger partial charge in [-0.3, -0.25) is 4.98 Å². The van der Waals surface area contributed by atoms with Crippen LogP contribution in [0, 0.1) is 5.95 Å². The average Bonchev–Trinajstić information content (AvgIpc) is 2.56. The first-order valence-corrected chi connectivity index (χ1v) is 8.00. The second-order valence-corrected chi connectivity index (χ2v) is 6.25. The van der Waals surface area contributed by atoms with E-state index in [0.717, 1.165) is 0 Å². The van der Waals surface area contributed by atoms with E-state index >= 15 is 0 Å². The summed E-state index contributed by atoms with van der Waals surface area (Å²) in [5.41, 5.74) is 0.477. The van der Waals surface area contributed by atoms with E-state index in [9.17, 15) is 19.7 Å². The summed E-state index contributed by atoms with van der Waals surface area (Å²) in [6.07, 6.45) is -0.532. The van der Waals surface area contributed by atoms with Crippen molar-refractivity contribution in [3.63, 3.8) is 0 Å². The van der Waals surface area contributed by atoms with Crippen LogP contribution in [0.4, 0.5) is 4.39 Å². The van der Waals surface area contributed by atoms with Crippen LogP contribution in [-0.4, -0.2) is 54.8 Å². The van der Waals surface area contributed by atoms with Gasteiger partial charge in [0.1, 0.15) is 18.0 Å². The summed E-state index contributed by atoms with van der Waals surface area (Å²) in [5, 5.41) is 29.2. The number of ether oxygens (including phenoxy) is 1. The number of hydrogen-bond donors (Lipinski definition) is 3. The summed E-state index contributed by atoms with van der Waals surface area (Å²) < 4.78 is 18.6. The minimum absolute atomic E-state index is 0.267. The maximum absolute atomic E-state index is 12.9. The van der Waals surface area contributed by atoms with Crippen molar-refractivity contribution in [2.24, 2.45) is 0 Å². The van der Waals surface area contributed by atoms with Crippen LogP contribution >= 0.6 is 11.8 Å². The zero-order valence-corrected chi connectivity index (χ0v) is 12.7. The Hall–Kier alpha value is -1.74. The Bertz CT molecular complexity index is 673. The number of aromatic nitrogens is 2. The number of pyridine rings is 2. The highest BCUT2D eigenvalue weighted by Crippen LogP contribution is 2.30. The topological polar surface area (TPSA) is 95.7 Å². The van der Waals surface area contributed by atoms with E-state index in [0.29, 0.717) is 17.0 Å². The Morgan fingerprint density at radius 2 is 1.96 bits per heavy atom. The second kappa shape index (κ2) is 6.79. The van der Waals surface area contributed by atoms with Gasteiger partial charge in [-0.15, -0.1) is 11.8 Å². The number of thioether (sulfide) groups is 1. The first-order chi connectivity index (χ1) is 11.0. The SMILES string of the molecule is O[C@@H]1[C@@H](O)[C@H](Oc2ccnc(-c3ccc(F)nc3)c2)SC[C@H]1O. The van der Waals surface area contributed by atoms with Gasteiger partial charge in [0, 0.05) is 29.8 Å². The normalized spacial score (nSPS) is 27.7. The number of nitrogens with zero attached hydrogens (tertiary/aromatic N) is 2. The summed E-state index contributed by atoms with van der Waals surface area (Å²) in [6, 6.07) is 6.05. The highest BCUT2D eigenvalue weighted by atomic mass is 32.2. The van der Waals surface area contributed by atoms with Crippen molar-refractivity contribution in [3.05, 3.63) is 42.6 Å². The van der Waals surface area contributed by atoms with Crippen molar-refractivity contribution >= 4 is 11.8 Å². The van der Waals surface area contributed by atoms with Gasteiger partial charge in [0.15, 0.2) is 5.44 Å². The van der Waals surface area contributed by atoms with Crippen LogP contribution in [0.1, 0.15) is 0 Å². The molecule has 23 heavy (non-hydrogen) atoms. The van der Waals surface area contributed by atoms with Crippen molar-refractivity contribution in [2.75, 3.05) is 5.75 Å². The van der Waals surface area contributed by atoms with Gasteiger partial charge in [-0.1, -0.05) is 0 Å². The van der Waals surface area contributed by atoms with Crippen LogP contribution in [0.25, 0.3) is 11.3 Å². The Labute approximate surface area is 136 Å². The highest BCUT2D eigenvalue weighted by Gasteiger charge is 2.38. The zero-order chi connectivity index (χ0) is 16.4. The summed E-state index contributed by atoms with van der Waals surface area (Å²) in [5.74, 6) is 0.137. The minimum atomic E-state index is -1.25. The van der Waals surface area contributed by atoms with E-state index in [1.54, 1.807) is 18.2 Å². The van der Waals surface area contributed by atoms with Crippen molar-refractivity contribution in [1.82, 2.24) is 9.97 Å². The molecule has 6 nitrogen and oxygen atoms in total. The molecule has 0 amide bonds. The van der Waals surface area contributed by atoms with Crippen LogP contribution in [-0.2, 0) is 0 Å². The molecular weight excluding hydrogens is 323 g/mol. The van der Waals surface area contributed by atoms with E-state index in [4.69, 9.17) is 4.74 Å². The molecule has 4 atom stereocenters. The third-order valence-corrected chi connectivity index (χ3v) is 4.70. The van der Waals surface area contributed by atoms with Gasteiger partial charge in [0.25, 0.3) is 0 Å². The monoisotopic (exact) mass is 338 g/mol. The fourth-order valence-electron chi connectivity index (χ4n) is 2.19. The van der Waals surface area contributed by atoms with Gasteiger partial charge in [-0.05, 0) is 18.2 Å². The molecule has 1 aliphatic rings. The van der Waals surface area contributed by atoms with Crippen LogP contribution < -0.4 is 4.74 Å². The van der Waals surface area contributed by atoms with Crippen LogP contribution in [0.5, 0.6) is 5.75 Å². The molecule has 3 heterocycles. The molecule has 0 unspecified atom stereocenters. The molecule has 0 aliphatic carbocycles. The van der Waals surface area contributed by atoms with Gasteiger partial charge in [0.2, 0.25) is 5.95 Å². The van der Waals surface area contributed by atoms with Crippen LogP contribution in [0.2, 0.25) is 0 Å². The van der Waals surface area contributed by atoms with Crippen molar-refractivity contribution in [1.29, 1.82) is 0 Å². The standard InChI is InChI=1S/C15H15FN2O4S/c16-12-2-1-8(6-18-12)10-5-9(3-4-17-10)22-15-14(21)13(20)11(19)7-23-15/h1-6,11,13-15,19-21H,7H2/t11-,13+,14-,15-/m1/s1. The number of hydrogen-bond acceptors (Lipinski definition) is 7. The molecule has 122 valence electrons. The third kappa shape index (κ3) is 3.61. The lowest BCUT2D eigenvalue weighted by molar-refractivity contribution is -0.0786. The Kier molecular flexibility index (Phi) is 4.76. The summed E-state index contributed by atoms with van der Waals surface area (Å²) in [4.78, 5) is 7.76. The molecule has 3 rings (SSSR count). The molecule has 1 aliphatic heterocycles. The Morgan fingerprint density at radius 3 is 2.70 bits per heavy atom.